The fourth-order valence-electron chi connectivity index (χ4n) is 4.36. The number of nitrogens with zero attached hydrogens (tertiary/aromatic N) is 3. The smallest absolute Gasteiger partial charge is 0.416 e. The van der Waals surface area contributed by atoms with Gasteiger partial charge in [0.1, 0.15) is 5.69 Å². The molecule has 4 nitrogen and oxygen atoms in total. The first-order valence-corrected chi connectivity index (χ1v) is 11.7. The first-order valence-electron chi connectivity index (χ1n) is 11.7. The van der Waals surface area contributed by atoms with Gasteiger partial charge in [0, 0.05) is 43.9 Å². The van der Waals surface area contributed by atoms with Gasteiger partial charge in [-0.15, -0.1) is 0 Å². The van der Waals surface area contributed by atoms with Gasteiger partial charge < -0.3 is 4.42 Å². The zero-order valence-electron chi connectivity index (χ0n) is 19.2. The van der Waals surface area contributed by atoms with Crippen molar-refractivity contribution in [1.29, 1.82) is 0 Å². The van der Waals surface area contributed by atoms with Gasteiger partial charge in [0.2, 0.25) is 5.89 Å². The third-order valence-electron chi connectivity index (χ3n) is 6.27. The first kappa shape index (κ1) is 23.3. The number of hydrogen-bond acceptors (Lipinski definition) is 4. The quantitative estimate of drug-likeness (QED) is 0.324. The van der Waals surface area contributed by atoms with Crippen molar-refractivity contribution in [3.8, 4) is 22.6 Å². The van der Waals surface area contributed by atoms with Crippen LogP contribution in [0.4, 0.5) is 13.2 Å². The third kappa shape index (κ3) is 5.63. The Bertz CT molecular complexity index is 1170. The van der Waals surface area contributed by atoms with Crippen molar-refractivity contribution in [2.75, 3.05) is 26.2 Å². The van der Waals surface area contributed by atoms with Crippen molar-refractivity contribution >= 4 is 0 Å². The van der Waals surface area contributed by atoms with Crippen molar-refractivity contribution in [3.05, 3.63) is 102 Å². The van der Waals surface area contributed by atoms with E-state index in [1.807, 2.05) is 60.7 Å². The Morgan fingerprint density at radius 2 is 1.23 bits per heavy atom. The highest BCUT2D eigenvalue weighted by Crippen LogP contribution is 2.33. The average molecular weight is 478 g/mol. The van der Waals surface area contributed by atoms with Crippen LogP contribution < -0.4 is 0 Å². The van der Waals surface area contributed by atoms with Gasteiger partial charge in [0.15, 0.2) is 5.76 Å². The predicted octanol–water partition coefficient (Wildman–Crippen LogP) is 6.35. The van der Waals surface area contributed by atoms with Crippen molar-refractivity contribution in [2.45, 2.75) is 19.3 Å². The Kier molecular flexibility index (Phi) is 6.70. The van der Waals surface area contributed by atoms with Crippen LogP contribution in [-0.4, -0.2) is 41.0 Å². The summed E-state index contributed by atoms with van der Waals surface area (Å²) in [5.41, 5.74) is 3.13. The Labute approximate surface area is 202 Å². The van der Waals surface area contributed by atoms with Gasteiger partial charge in [-0.2, -0.15) is 13.2 Å². The second-order valence-corrected chi connectivity index (χ2v) is 8.76. The molecule has 0 amide bonds. The zero-order chi connectivity index (χ0) is 24.3. The molecule has 1 saturated heterocycles. The van der Waals surface area contributed by atoms with Crippen molar-refractivity contribution in [2.24, 2.45) is 0 Å². The highest BCUT2D eigenvalue weighted by atomic mass is 19.4. The van der Waals surface area contributed by atoms with Crippen LogP contribution in [0, 0.1) is 0 Å². The fraction of sp³-hybridized carbons (Fsp3) is 0.250. The standard InChI is InChI=1S/C28H26F3N3O/c29-28(30,31)24-13-11-21(12-14-24)19-33-15-17-34(18-16-33)20-25-32-26(22-7-3-1-4-8-22)27(35-25)23-9-5-2-6-10-23/h1-14H,15-20H2. The van der Waals surface area contributed by atoms with Crippen molar-refractivity contribution in [3.63, 3.8) is 0 Å². The molecule has 1 aliphatic rings. The molecule has 35 heavy (non-hydrogen) atoms. The Morgan fingerprint density at radius 3 is 1.80 bits per heavy atom. The Morgan fingerprint density at radius 1 is 0.686 bits per heavy atom. The molecule has 0 unspecified atom stereocenters. The molecule has 3 aromatic carbocycles. The molecule has 4 aromatic rings. The Hall–Kier alpha value is -3.42. The highest BCUT2D eigenvalue weighted by molar-refractivity contribution is 5.76. The first-order chi connectivity index (χ1) is 17.0. The van der Waals surface area contributed by atoms with Crippen LogP contribution in [-0.2, 0) is 19.3 Å². The van der Waals surface area contributed by atoms with E-state index in [0.29, 0.717) is 19.0 Å². The zero-order valence-corrected chi connectivity index (χ0v) is 19.2. The number of piperazine rings is 1. The molecular weight excluding hydrogens is 451 g/mol. The predicted molar refractivity (Wildman–Crippen MR) is 129 cm³/mol. The molecule has 2 heterocycles. The van der Waals surface area contributed by atoms with Gasteiger partial charge in [-0.1, -0.05) is 72.8 Å². The van der Waals surface area contributed by atoms with Gasteiger partial charge in [-0.25, -0.2) is 4.98 Å². The van der Waals surface area contributed by atoms with E-state index in [-0.39, 0.29) is 0 Å². The summed E-state index contributed by atoms with van der Waals surface area (Å²) in [5.74, 6) is 1.45. The molecule has 1 fully saturated rings. The van der Waals surface area contributed by atoms with Gasteiger partial charge in [-0.05, 0) is 17.7 Å². The number of alkyl halides is 3. The minimum atomic E-state index is -4.30. The van der Waals surface area contributed by atoms with E-state index in [4.69, 9.17) is 9.40 Å². The van der Waals surface area contributed by atoms with Crippen LogP contribution in [0.5, 0.6) is 0 Å². The van der Waals surface area contributed by atoms with Gasteiger partial charge in [0.05, 0.1) is 12.1 Å². The van der Waals surface area contributed by atoms with Crippen LogP contribution >= 0.6 is 0 Å². The van der Waals surface area contributed by atoms with Crippen LogP contribution in [0.25, 0.3) is 22.6 Å². The maximum Gasteiger partial charge on any atom is 0.416 e. The summed E-state index contributed by atoms with van der Waals surface area (Å²) in [6.45, 7) is 4.59. The molecule has 180 valence electrons. The summed E-state index contributed by atoms with van der Waals surface area (Å²) < 4.78 is 44.6. The fourth-order valence-corrected chi connectivity index (χ4v) is 4.36. The molecule has 0 bridgehead atoms. The third-order valence-corrected chi connectivity index (χ3v) is 6.27. The SMILES string of the molecule is FC(F)(F)c1ccc(CN2CCN(Cc3nc(-c4ccccc4)c(-c4ccccc4)o3)CC2)cc1. The van der Waals surface area contributed by atoms with Gasteiger partial charge in [-0.3, -0.25) is 9.80 Å². The molecule has 1 aliphatic heterocycles. The molecule has 0 atom stereocenters. The molecule has 5 rings (SSSR count). The van der Waals surface area contributed by atoms with Crippen LogP contribution in [0.1, 0.15) is 17.0 Å². The van der Waals surface area contributed by atoms with Crippen molar-refractivity contribution in [1.82, 2.24) is 14.8 Å². The van der Waals surface area contributed by atoms with Gasteiger partial charge in [0.25, 0.3) is 0 Å². The van der Waals surface area contributed by atoms with Crippen molar-refractivity contribution < 1.29 is 17.6 Å². The van der Waals surface area contributed by atoms with E-state index in [0.717, 1.165) is 66.5 Å². The van der Waals surface area contributed by atoms with E-state index in [1.165, 1.54) is 0 Å². The normalized spacial score (nSPS) is 15.4. The molecule has 0 saturated carbocycles. The summed E-state index contributed by atoms with van der Waals surface area (Å²) in [6.07, 6.45) is -4.30. The maximum absolute atomic E-state index is 12.8. The van der Waals surface area contributed by atoms with Crippen LogP contribution in [0.2, 0.25) is 0 Å². The minimum absolute atomic E-state index is 0.609. The largest absolute Gasteiger partial charge is 0.439 e. The lowest BCUT2D eigenvalue weighted by atomic mass is 10.1. The minimum Gasteiger partial charge on any atom is -0.439 e. The second kappa shape index (κ2) is 10.1. The second-order valence-electron chi connectivity index (χ2n) is 8.76. The maximum atomic E-state index is 12.8. The lowest BCUT2D eigenvalue weighted by Crippen LogP contribution is -2.45. The summed E-state index contributed by atoms with van der Waals surface area (Å²) in [5, 5.41) is 0. The summed E-state index contributed by atoms with van der Waals surface area (Å²) in [7, 11) is 0. The highest BCUT2D eigenvalue weighted by Gasteiger charge is 2.30. The lowest BCUT2D eigenvalue weighted by Gasteiger charge is -2.34. The van der Waals surface area contributed by atoms with Crippen LogP contribution in [0.3, 0.4) is 0 Å². The number of halogens is 3. The number of hydrogen-bond donors (Lipinski definition) is 0. The number of aromatic nitrogens is 1. The topological polar surface area (TPSA) is 32.5 Å². The van der Waals surface area contributed by atoms with E-state index in [1.54, 1.807) is 12.1 Å². The van der Waals surface area contributed by atoms with Crippen LogP contribution in [0.15, 0.2) is 89.3 Å². The van der Waals surface area contributed by atoms with E-state index in [2.05, 4.69) is 9.80 Å². The molecular formula is C28H26F3N3O. The summed E-state index contributed by atoms with van der Waals surface area (Å²) in [4.78, 5) is 9.42. The number of benzene rings is 3. The number of oxazole rings is 1. The Balaban J connectivity index is 1.23. The van der Waals surface area contributed by atoms with E-state index < -0.39 is 11.7 Å². The summed E-state index contributed by atoms with van der Waals surface area (Å²) in [6, 6.07) is 25.5. The molecule has 0 radical (unpaired) electrons. The van der Waals surface area contributed by atoms with E-state index in [9.17, 15) is 13.2 Å². The molecule has 0 spiro atoms. The molecule has 7 heteroatoms. The number of rotatable bonds is 6. The van der Waals surface area contributed by atoms with E-state index >= 15 is 0 Å². The average Bonchev–Trinajstić information content (AvgIpc) is 3.30. The molecule has 0 aliphatic carbocycles. The molecule has 1 aromatic heterocycles. The molecule has 0 N–H and O–H groups in total. The lowest BCUT2D eigenvalue weighted by molar-refractivity contribution is -0.137. The monoisotopic (exact) mass is 477 g/mol. The van der Waals surface area contributed by atoms with Gasteiger partial charge >= 0.3 is 6.18 Å². The summed E-state index contributed by atoms with van der Waals surface area (Å²) >= 11 is 0.